The number of fused-ring (bicyclic) bond motifs is 1. The summed E-state index contributed by atoms with van der Waals surface area (Å²) in [7, 11) is 1.73. The number of amides is 3. The van der Waals surface area contributed by atoms with Crippen molar-refractivity contribution in [2.24, 2.45) is 0 Å². The maximum absolute atomic E-state index is 12.5. The summed E-state index contributed by atoms with van der Waals surface area (Å²) < 4.78 is 5.39. The van der Waals surface area contributed by atoms with Crippen LogP contribution in [0.3, 0.4) is 0 Å². The van der Waals surface area contributed by atoms with Crippen molar-refractivity contribution in [3.05, 3.63) is 54.1 Å². The average molecular weight is 362 g/mol. The second kappa shape index (κ2) is 6.70. The van der Waals surface area contributed by atoms with Gasteiger partial charge in [0.05, 0.1) is 26.8 Å². The summed E-state index contributed by atoms with van der Waals surface area (Å²) in [6, 6.07) is 6.06. The van der Waals surface area contributed by atoms with Crippen LogP contribution in [0.25, 0.3) is 0 Å². The molecule has 2 aromatic rings. The van der Waals surface area contributed by atoms with E-state index >= 15 is 0 Å². The third-order valence-electron chi connectivity index (χ3n) is 3.30. The van der Waals surface area contributed by atoms with Crippen molar-refractivity contribution in [1.82, 2.24) is 19.7 Å². The quantitative estimate of drug-likeness (QED) is 0.567. The Balaban J connectivity index is 1.92. The molecule has 10 nitrogen and oxygen atoms in total. The smallest absolute Gasteiger partial charge is 0.450 e. The van der Waals surface area contributed by atoms with Crippen LogP contribution in [-0.2, 0) is 9.32 Å². The highest BCUT2D eigenvalue weighted by Crippen LogP contribution is 2.24. The molecule has 1 atom stereocenters. The Bertz CT molecular complexity index is 818. The van der Waals surface area contributed by atoms with Crippen molar-refractivity contribution in [3.63, 3.8) is 0 Å². The Hall–Kier alpha value is -3.26. The molecule has 25 heavy (non-hydrogen) atoms. The molecule has 0 saturated heterocycles. The van der Waals surface area contributed by atoms with Gasteiger partial charge in [-0.15, -0.1) is 0 Å². The molecule has 1 aliphatic rings. The minimum atomic E-state index is -1.14. The number of imidazole rings is 1. The summed E-state index contributed by atoms with van der Waals surface area (Å²) in [4.78, 5) is 57.7. The number of nitrogens with zero attached hydrogens (tertiary/aromatic N) is 4. The number of imide groups is 1. The third-order valence-corrected chi connectivity index (χ3v) is 3.56. The fourth-order valence-electron chi connectivity index (χ4n) is 2.21. The van der Waals surface area contributed by atoms with Crippen molar-refractivity contribution in [2.75, 3.05) is 6.54 Å². The second-order valence-electron chi connectivity index (χ2n) is 4.79. The molecule has 0 saturated carbocycles. The van der Waals surface area contributed by atoms with Gasteiger partial charge >= 0.3 is 12.1 Å². The molecule has 1 aromatic heterocycles. The number of rotatable bonds is 4. The van der Waals surface area contributed by atoms with E-state index in [9.17, 15) is 19.2 Å². The van der Waals surface area contributed by atoms with Gasteiger partial charge in [-0.3, -0.25) is 9.59 Å². The zero-order valence-corrected chi connectivity index (χ0v) is 13.7. The molecule has 0 aliphatic carbocycles. The lowest BCUT2D eigenvalue weighted by molar-refractivity contribution is -0.136. The van der Waals surface area contributed by atoms with E-state index < -0.39 is 30.4 Å². The van der Waals surface area contributed by atoms with E-state index in [1.807, 2.05) is 0 Å². The summed E-state index contributed by atoms with van der Waals surface area (Å²) in [5.41, 5.74) is 0.236. The molecule has 128 valence electrons. The lowest BCUT2D eigenvalue weighted by atomic mass is 10.1. The maximum Gasteiger partial charge on any atom is 0.454 e. The van der Waals surface area contributed by atoms with Crippen molar-refractivity contribution in [2.45, 2.75) is 0 Å². The number of carbonyl (C=O) groups is 4. The molecular formula is C14H11N4O6P. The number of hydrazine groups is 1. The molecule has 3 rings (SSSR count). The Morgan fingerprint density at radius 3 is 2.32 bits per heavy atom. The summed E-state index contributed by atoms with van der Waals surface area (Å²) in [5.74, 6) is -2.37. The number of hydrogen-bond acceptors (Lipinski definition) is 7. The first-order chi connectivity index (χ1) is 12.0. The maximum atomic E-state index is 12.5. The first-order valence-corrected chi connectivity index (χ1v) is 7.35. The SMILES string of the molecule is O=C(CN(C(=O)On1ccnc1)N1C(=O)c2ccccc2C1=O)OP. The standard InChI is InChI=1S/C14H11N4O6P/c19-11(24-25)7-17(14(22)23-16-6-5-15-8-16)18-12(20)9-3-1-2-4-10(9)13(18)21/h1-6,8H,7,25H2. The topological polar surface area (TPSA) is 111 Å². The summed E-state index contributed by atoms with van der Waals surface area (Å²) >= 11 is 0. The van der Waals surface area contributed by atoms with E-state index in [0.717, 1.165) is 4.73 Å². The first kappa shape index (κ1) is 16.6. The van der Waals surface area contributed by atoms with Gasteiger partial charge in [-0.25, -0.2) is 14.6 Å². The van der Waals surface area contributed by atoms with Gasteiger partial charge in [-0.05, 0) is 12.1 Å². The van der Waals surface area contributed by atoms with Crippen LogP contribution < -0.4 is 4.84 Å². The molecule has 2 heterocycles. The Labute approximate surface area is 143 Å². The molecule has 0 N–H and O–H groups in total. The van der Waals surface area contributed by atoms with Crippen molar-refractivity contribution in [1.29, 1.82) is 0 Å². The minimum absolute atomic E-state index is 0.118. The van der Waals surface area contributed by atoms with E-state index in [2.05, 4.69) is 9.51 Å². The van der Waals surface area contributed by atoms with Crippen LogP contribution in [0.2, 0.25) is 0 Å². The molecule has 11 heteroatoms. The summed E-state index contributed by atoms with van der Waals surface area (Å²) in [6.45, 7) is -0.706. The van der Waals surface area contributed by atoms with Gasteiger partial charge in [-0.1, -0.05) is 12.1 Å². The lowest BCUT2D eigenvalue weighted by Gasteiger charge is -2.27. The molecule has 1 aromatic carbocycles. The van der Waals surface area contributed by atoms with Crippen LogP contribution in [0.1, 0.15) is 20.7 Å². The zero-order valence-electron chi connectivity index (χ0n) is 12.6. The van der Waals surface area contributed by atoms with Gasteiger partial charge in [-0.2, -0.15) is 14.7 Å². The normalized spacial score (nSPS) is 12.8. The van der Waals surface area contributed by atoms with E-state index in [4.69, 9.17) is 4.84 Å². The van der Waals surface area contributed by atoms with Gasteiger partial charge in [0.1, 0.15) is 12.9 Å². The van der Waals surface area contributed by atoms with Crippen LogP contribution in [0.4, 0.5) is 4.79 Å². The fourth-order valence-corrected chi connectivity index (χ4v) is 2.28. The first-order valence-electron chi connectivity index (χ1n) is 6.88. The summed E-state index contributed by atoms with van der Waals surface area (Å²) in [5, 5.41) is 1.11. The van der Waals surface area contributed by atoms with Crippen LogP contribution in [0.15, 0.2) is 43.0 Å². The molecule has 3 amide bonds. The second-order valence-corrected chi connectivity index (χ2v) is 5.03. The third kappa shape index (κ3) is 3.07. The van der Waals surface area contributed by atoms with E-state index in [1.54, 1.807) is 21.6 Å². The van der Waals surface area contributed by atoms with Gasteiger partial charge in [0.15, 0.2) is 0 Å². The monoisotopic (exact) mass is 362 g/mol. The van der Waals surface area contributed by atoms with Crippen molar-refractivity contribution < 1.29 is 28.5 Å². The predicted octanol–water partition coefficient (Wildman–Crippen LogP) is 0.278. The lowest BCUT2D eigenvalue weighted by Crippen LogP contribution is -2.53. The highest BCUT2D eigenvalue weighted by Gasteiger charge is 2.43. The Morgan fingerprint density at radius 2 is 1.80 bits per heavy atom. The molecule has 0 fully saturated rings. The van der Waals surface area contributed by atoms with E-state index in [1.165, 1.54) is 30.9 Å². The predicted molar refractivity (Wildman–Crippen MR) is 83.7 cm³/mol. The highest BCUT2D eigenvalue weighted by molar-refractivity contribution is 7.10. The highest BCUT2D eigenvalue weighted by atomic mass is 31.0. The number of hydrogen-bond donors (Lipinski definition) is 0. The van der Waals surface area contributed by atoms with Crippen LogP contribution in [0.5, 0.6) is 0 Å². The number of benzene rings is 1. The molecular weight excluding hydrogens is 351 g/mol. The van der Waals surface area contributed by atoms with Gasteiger partial charge in [0, 0.05) is 6.20 Å². The average Bonchev–Trinajstić information content (AvgIpc) is 3.21. The largest absolute Gasteiger partial charge is 0.454 e. The Kier molecular flexibility index (Phi) is 4.44. The number of aromatic nitrogens is 2. The van der Waals surface area contributed by atoms with Crippen LogP contribution in [0, 0.1) is 0 Å². The number of carbonyl (C=O) groups excluding carboxylic acids is 4. The van der Waals surface area contributed by atoms with Gasteiger partial charge in [0.25, 0.3) is 11.8 Å². The van der Waals surface area contributed by atoms with Crippen molar-refractivity contribution in [3.8, 4) is 0 Å². The van der Waals surface area contributed by atoms with E-state index in [0.29, 0.717) is 10.0 Å². The van der Waals surface area contributed by atoms with Crippen LogP contribution in [-0.4, -0.2) is 50.2 Å². The van der Waals surface area contributed by atoms with Crippen molar-refractivity contribution >= 4 is 33.3 Å². The minimum Gasteiger partial charge on any atom is -0.450 e. The molecule has 0 bridgehead atoms. The summed E-state index contributed by atoms with van der Waals surface area (Å²) in [6.07, 6.45) is 2.73. The van der Waals surface area contributed by atoms with E-state index in [-0.39, 0.29) is 11.1 Å². The van der Waals surface area contributed by atoms with Gasteiger partial charge < -0.3 is 9.36 Å². The Morgan fingerprint density at radius 1 is 1.16 bits per heavy atom. The molecule has 1 unspecified atom stereocenters. The van der Waals surface area contributed by atoms with Gasteiger partial charge in [0.2, 0.25) is 0 Å². The molecule has 0 radical (unpaired) electrons. The zero-order chi connectivity index (χ0) is 18.0. The fraction of sp³-hybridized carbons (Fsp3) is 0.0714. The molecule has 1 aliphatic heterocycles. The molecule has 0 spiro atoms. The van der Waals surface area contributed by atoms with Crippen LogP contribution >= 0.6 is 9.47 Å².